The predicted molar refractivity (Wildman–Crippen MR) is 92.6 cm³/mol. The van der Waals surface area contributed by atoms with Crippen molar-refractivity contribution >= 4 is 27.7 Å². The second-order valence-corrected chi connectivity index (χ2v) is 6.59. The van der Waals surface area contributed by atoms with Crippen molar-refractivity contribution in [3.63, 3.8) is 0 Å². The summed E-state index contributed by atoms with van der Waals surface area (Å²) in [6.45, 7) is 7.15. The Kier molecular flexibility index (Phi) is 6.19. The van der Waals surface area contributed by atoms with Gasteiger partial charge in [0, 0.05) is 18.8 Å². The first-order chi connectivity index (χ1) is 11.3. The maximum Gasteiger partial charge on any atom is 0.287 e. The lowest BCUT2D eigenvalue weighted by Crippen LogP contribution is -2.39. The number of hydrogen-bond acceptors (Lipinski definition) is 4. The van der Waals surface area contributed by atoms with Gasteiger partial charge in [-0.05, 0) is 53.9 Å². The van der Waals surface area contributed by atoms with Crippen LogP contribution in [-0.4, -0.2) is 34.7 Å². The van der Waals surface area contributed by atoms with E-state index in [9.17, 15) is 9.59 Å². The fraction of sp³-hybridized carbons (Fsp3) is 0.438. The molecule has 0 fully saturated rings. The zero-order valence-electron chi connectivity index (χ0n) is 13.9. The Morgan fingerprint density at radius 3 is 2.67 bits per heavy atom. The third-order valence-electron chi connectivity index (χ3n) is 3.44. The molecule has 1 atom stereocenters. The zero-order valence-corrected chi connectivity index (χ0v) is 15.5. The maximum absolute atomic E-state index is 11.8. The minimum Gasteiger partial charge on any atom is -0.444 e. The van der Waals surface area contributed by atoms with Crippen LogP contribution in [0.1, 0.15) is 28.9 Å². The molecule has 0 aromatic carbocycles. The number of nitrogens with zero attached hydrogens (tertiary/aromatic N) is 2. The van der Waals surface area contributed by atoms with E-state index in [1.807, 2.05) is 31.5 Å². The molecule has 2 aromatic heterocycles. The largest absolute Gasteiger partial charge is 0.444 e. The van der Waals surface area contributed by atoms with Gasteiger partial charge in [0.2, 0.25) is 5.91 Å². The first-order valence-corrected chi connectivity index (χ1v) is 8.45. The summed E-state index contributed by atoms with van der Waals surface area (Å²) < 4.78 is 7.52. The van der Waals surface area contributed by atoms with Gasteiger partial charge in [-0.2, -0.15) is 5.10 Å². The number of carbonyl (C=O) groups excluding carboxylic acids is 2. The number of aryl methyl sites for hydroxylation is 2. The molecule has 7 nitrogen and oxygen atoms in total. The number of hydrogen-bond donors (Lipinski definition) is 2. The molecule has 0 aliphatic rings. The second kappa shape index (κ2) is 8.14. The topological polar surface area (TPSA) is 89.2 Å². The highest BCUT2D eigenvalue weighted by Gasteiger charge is 2.13. The average Bonchev–Trinajstić information content (AvgIpc) is 3.08. The Labute approximate surface area is 148 Å². The first-order valence-electron chi connectivity index (χ1n) is 7.66. The monoisotopic (exact) mass is 396 g/mol. The SMILES string of the molecule is Cc1cc(C)n(CC(C)CNC(=O)CNC(=O)c2ccc(Br)o2)n1. The molecule has 2 N–H and O–H groups in total. The highest BCUT2D eigenvalue weighted by molar-refractivity contribution is 9.10. The normalized spacial score (nSPS) is 12.0. The van der Waals surface area contributed by atoms with Gasteiger partial charge in [0.1, 0.15) is 0 Å². The van der Waals surface area contributed by atoms with Crippen LogP contribution >= 0.6 is 15.9 Å². The van der Waals surface area contributed by atoms with Crippen LogP contribution in [0.25, 0.3) is 0 Å². The van der Waals surface area contributed by atoms with Crippen LogP contribution in [0.2, 0.25) is 0 Å². The molecule has 0 spiro atoms. The number of halogens is 1. The molecule has 0 radical (unpaired) electrons. The minimum absolute atomic E-state index is 0.0935. The molecule has 24 heavy (non-hydrogen) atoms. The molecule has 2 amide bonds. The summed E-state index contributed by atoms with van der Waals surface area (Å²) in [6.07, 6.45) is 0. The number of furan rings is 1. The molecule has 0 bridgehead atoms. The average molecular weight is 397 g/mol. The number of carbonyl (C=O) groups is 2. The van der Waals surface area contributed by atoms with Crippen LogP contribution in [0.5, 0.6) is 0 Å². The Balaban J connectivity index is 1.70. The summed E-state index contributed by atoms with van der Waals surface area (Å²) in [7, 11) is 0. The van der Waals surface area contributed by atoms with Crippen LogP contribution < -0.4 is 10.6 Å². The third-order valence-corrected chi connectivity index (χ3v) is 3.87. The first kappa shape index (κ1) is 18.3. The van der Waals surface area contributed by atoms with Gasteiger partial charge in [0.25, 0.3) is 5.91 Å². The van der Waals surface area contributed by atoms with Crippen LogP contribution in [0, 0.1) is 19.8 Å². The summed E-state index contributed by atoms with van der Waals surface area (Å²) in [5.41, 5.74) is 2.08. The van der Waals surface area contributed by atoms with Crippen molar-refractivity contribution in [3.8, 4) is 0 Å². The van der Waals surface area contributed by atoms with Crippen LogP contribution in [0.4, 0.5) is 0 Å². The Hall–Kier alpha value is -2.09. The van der Waals surface area contributed by atoms with Crippen molar-refractivity contribution in [1.29, 1.82) is 0 Å². The predicted octanol–water partition coefficient (Wildman–Crippen LogP) is 2.04. The molecule has 8 heteroatoms. The van der Waals surface area contributed by atoms with Crippen molar-refractivity contribution in [1.82, 2.24) is 20.4 Å². The number of amides is 2. The summed E-state index contributed by atoms with van der Waals surface area (Å²) in [4.78, 5) is 23.6. The quantitative estimate of drug-likeness (QED) is 0.749. The third kappa shape index (κ3) is 5.23. The molecule has 2 heterocycles. The standard InChI is InChI=1S/C16H21BrN4O3/c1-10(9-21-12(3)6-11(2)20-21)7-18-15(22)8-19-16(23)13-4-5-14(17)24-13/h4-6,10H,7-9H2,1-3H3,(H,18,22)(H,19,23). The molecule has 0 aliphatic heterocycles. The Morgan fingerprint density at radius 1 is 1.33 bits per heavy atom. The fourth-order valence-corrected chi connectivity index (χ4v) is 2.56. The van der Waals surface area contributed by atoms with E-state index in [4.69, 9.17) is 4.42 Å². The van der Waals surface area contributed by atoms with Gasteiger partial charge < -0.3 is 15.1 Å². The minimum atomic E-state index is -0.425. The zero-order chi connectivity index (χ0) is 17.7. The van der Waals surface area contributed by atoms with Crippen molar-refractivity contribution < 1.29 is 14.0 Å². The molecule has 2 aromatic rings. The van der Waals surface area contributed by atoms with Crippen molar-refractivity contribution in [2.45, 2.75) is 27.3 Å². The van der Waals surface area contributed by atoms with Crippen molar-refractivity contribution in [3.05, 3.63) is 40.0 Å². The van der Waals surface area contributed by atoms with Gasteiger partial charge >= 0.3 is 0 Å². The number of aromatic nitrogens is 2. The van der Waals surface area contributed by atoms with Crippen LogP contribution in [-0.2, 0) is 11.3 Å². The highest BCUT2D eigenvalue weighted by atomic mass is 79.9. The molecular weight excluding hydrogens is 376 g/mol. The molecule has 2 rings (SSSR count). The van der Waals surface area contributed by atoms with E-state index in [-0.39, 0.29) is 24.1 Å². The van der Waals surface area contributed by atoms with E-state index >= 15 is 0 Å². The lowest BCUT2D eigenvalue weighted by atomic mass is 10.2. The lowest BCUT2D eigenvalue weighted by molar-refractivity contribution is -0.120. The lowest BCUT2D eigenvalue weighted by Gasteiger charge is -2.14. The van der Waals surface area contributed by atoms with Crippen molar-refractivity contribution in [2.75, 3.05) is 13.1 Å². The Morgan fingerprint density at radius 2 is 2.08 bits per heavy atom. The number of rotatable bonds is 7. The van der Waals surface area contributed by atoms with Crippen molar-refractivity contribution in [2.24, 2.45) is 5.92 Å². The van der Waals surface area contributed by atoms with E-state index in [1.54, 1.807) is 6.07 Å². The van der Waals surface area contributed by atoms with Gasteiger partial charge in [0.15, 0.2) is 10.4 Å². The molecule has 1 unspecified atom stereocenters. The molecule has 0 saturated heterocycles. The Bertz CT molecular complexity index is 723. The van der Waals surface area contributed by atoms with Crippen LogP contribution in [0.3, 0.4) is 0 Å². The van der Waals surface area contributed by atoms with Gasteiger partial charge in [-0.3, -0.25) is 14.3 Å². The van der Waals surface area contributed by atoms with Crippen LogP contribution in [0.15, 0.2) is 27.3 Å². The number of nitrogens with one attached hydrogen (secondary N) is 2. The van der Waals surface area contributed by atoms with Gasteiger partial charge in [-0.1, -0.05) is 6.92 Å². The van der Waals surface area contributed by atoms with Gasteiger partial charge in [-0.15, -0.1) is 0 Å². The molecule has 0 aliphatic carbocycles. The van der Waals surface area contributed by atoms with Gasteiger partial charge in [0.05, 0.1) is 12.2 Å². The maximum atomic E-state index is 11.8. The smallest absolute Gasteiger partial charge is 0.287 e. The summed E-state index contributed by atoms with van der Waals surface area (Å²) >= 11 is 3.12. The second-order valence-electron chi connectivity index (χ2n) is 5.80. The molecular formula is C16H21BrN4O3. The summed E-state index contributed by atoms with van der Waals surface area (Å²) in [6, 6.07) is 5.18. The highest BCUT2D eigenvalue weighted by Crippen LogP contribution is 2.13. The summed E-state index contributed by atoms with van der Waals surface area (Å²) in [5, 5.41) is 9.73. The van der Waals surface area contributed by atoms with Gasteiger partial charge in [-0.25, -0.2) is 0 Å². The van der Waals surface area contributed by atoms with E-state index in [0.29, 0.717) is 11.2 Å². The van der Waals surface area contributed by atoms with E-state index < -0.39 is 5.91 Å². The fourth-order valence-electron chi connectivity index (χ4n) is 2.25. The molecule has 0 saturated carbocycles. The van der Waals surface area contributed by atoms with E-state index in [1.165, 1.54) is 6.07 Å². The summed E-state index contributed by atoms with van der Waals surface area (Å²) in [5.74, 6) is -0.281. The molecule has 130 valence electrons. The van der Waals surface area contributed by atoms with E-state index in [2.05, 4.69) is 31.7 Å². The van der Waals surface area contributed by atoms with E-state index in [0.717, 1.165) is 17.9 Å².